The first-order valence-electron chi connectivity index (χ1n) is 5.61. The molecule has 0 heterocycles. The van der Waals surface area contributed by atoms with E-state index in [1.165, 1.54) is 19.3 Å². The Kier molecular flexibility index (Phi) is 6.25. The maximum atomic E-state index is 11.3. The van der Waals surface area contributed by atoms with Crippen molar-refractivity contribution in [2.45, 2.75) is 39.5 Å². The first-order chi connectivity index (χ1) is 6.89. The van der Waals surface area contributed by atoms with Crippen molar-refractivity contribution in [2.24, 2.45) is 0 Å². The molecule has 0 atom stereocenters. The molecule has 0 saturated heterocycles. The zero-order chi connectivity index (χ0) is 11.9. The Morgan fingerprint density at radius 3 is 2.33 bits per heavy atom. The number of unbranched alkanes of at least 4 members (excludes halogenated alkanes) is 3. The lowest BCUT2D eigenvalue weighted by Gasteiger charge is -2.25. The molecule has 0 aromatic rings. The van der Waals surface area contributed by atoms with E-state index < -0.39 is 0 Å². The summed E-state index contributed by atoms with van der Waals surface area (Å²) in [7, 11) is 3.79. The summed E-state index contributed by atoms with van der Waals surface area (Å²) >= 11 is 0. The van der Waals surface area contributed by atoms with Crippen LogP contribution in [0.3, 0.4) is 0 Å². The molecule has 0 N–H and O–H groups in total. The van der Waals surface area contributed by atoms with Crippen molar-refractivity contribution in [3.05, 3.63) is 12.2 Å². The molecular weight excluding hydrogens is 190 g/mol. The van der Waals surface area contributed by atoms with Crippen LogP contribution in [-0.4, -0.2) is 31.3 Å². The van der Waals surface area contributed by atoms with Gasteiger partial charge in [-0.2, -0.15) is 0 Å². The van der Waals surface area contributed by atoms with E-state index in [1.807, 2.05) is 14.1 Å². The van der Waals surface area contributed by atoms with Crippen LogP contribution in [0.1, 0.15) is 39.5 Å². The third-order valence-corrected chi connectivity index (χ3v) is 2.23. The van der Waals surface area contributed by atoms with E-state index in [0.29, 0.717) is 5.57 Å². The number of carbonyl (C=O) groups is 1. The van der Waals surface area contributed by atoms with E-state index in [1.54, 1.807) is 6.92 Å². The van der Waals surface area contributed by atoms with E-state index in [2.05, 4.69) is 13.5 Å². The Balaban J connectivity index is 3.86. The molecule has 0 rings (SSSR count). The van der Waals surface area contributed by atoms with Crippen LogP contribution in [0.4, 0.5) is 0 Å². The molecule has 0 aromatic heterocycles. The fraction of sp³-hybridized carbons (Fsp3) is 0.750. The molecule has 0 radical (unpaired) electrons. The van der Waals surface area contributed by atoms with Crippen molar-refractivity contribution >= 4 is 5.97 Å². The van der Waals surface area contributed by atoms with Crippen LogP contribution >= 0.6 is 0 Å². The smallest absolute Gasteiger partial charge is 0.272 e. The molecular formula is C12H24NO2+. The molecule has 88 valence electrons. The lowest BCUT2D eigenvalue weighted by Crippen LogP contribution is -2.42. The van der Waals surface area contributed by atoms with Gasteiger partial charge in [0.2, 0.25) is 0 Å². The summed E-state index contributed by atoms with van der Waals surface area (Å²) in [5, 5.41) is 0. The number of hydrogen-bond acceptors (Lipinski definition) is 2. The Hall–Kier alpha value is -0.830. The molecule has 3 heteroatoms. The molecule has 0 spiro atoms. The van der Waals surface area contributed by atoms with Gasteiger partial charge in [-0.05, 0) is 13.3 Å². The summed E-state index contributed by atoms with van der Waals surface area (Å²) in [6.45, 7) is 8.27. The minimum absolute atomic E-state index is 0.287. The van der Waals surface area contributed by atoms with Gasteiger partial charge in [-0.3, -0.25) is 4.84 Å². The van der Waals surface area contributed by atoms with Crippen LogP contribution in [0.25, 0.3) is 0 Å². The van der Waals surface area contributed by atoms with Gasteiger partial charge in [0.25, 0.3) is 0 Å². The van der Waals surface area contributed by atoms with Crippen molar-refractivity contribution in [1.82, 2.24) is 0 Å². The molecule has 0 aliphatic rings. The van der Waals surface area contributed by atoms with Gasteiger partial charge >= 0.3 is 5.97 Å². The highest BCUT2D eigenvalue weighted by molar-refractivity contribution is 5.86. The van der Waals surface area contributed by atoms with Gasteiger partial charge in [-0.15, -0.1) is 4.65 Å². The zero-order valence-corrected chi connectivity index (χ0v) is 10.5. The van der Waals surface area contributed by atoms with Crippen LogP contribution in [0.5, 0.6) is 0 Å². The first-order valence-corrected chi connectivity index (χ1v) is 5.61. The summed E-state index contributed by atoms with van der Waals surface area (Å²) < 4.78 is 0.287. The SMILES string of the molecule is C=C(C)C(=O)O[N+](C)(C)CCCCCC. The Bertz CT molecular complexity index is 222. The average molecular weight is 214 g/mol. The molecule has 15 heavy (non-hydrogen) atoms. The summed E-state index contributed by atoms with van der Waals surface area (Å²) in [5.41, 5.74) is 0.453. The van der Waals surface area contributed by atoms with Crippen LogP contribution in [0.2, 0.25) is 0 Å². The lowest BCUT2D eigenvalue weighted by atomic mass is 10.2. The minimum Gasteiger partial charge on any atom is -0.272 e. The van der Waals surface area contributed by atoms with E-state index in [4.69, 9.17) is 4.84 Å². The topological polar surface area (TPSA) is 26.3 Å². The fourth-order valence-electron chi connectivity index (χ4n) is 1.27. The molecule has 3 nitrogen and oxygen atoms in total. The molecule has 0 amide bonds. The van der Waals surface area contributed by atoms with Crippen LogP contribution in [0.15, 0.2) is 12.2 Å². The molecule has 0 unspecified atom stereocenters. The highest BCUT2D eigenvalue weighted by Gasteiger charge is 2.21. The normalized spacial score (nSPS) is 11.2. The molecule has 0 saturated carbocycles. The second-order valence-corrected chi connectivity index (χ2v) is 4.52. The highest BCUT2D eigenvalue weighted by atomic mass is 16.7. The third kappa shape index (κ3) is 7.14. The van der Waals surface area contributed by atoms with Gasteiger partial charge in [0, 0.05) is 12.0 Å². The largest absolute Gasteiger partial charge is 0.392 e. The van der Waals surface area contributed by atoms with E-state index in [0.717, 1.165) is 13.0 Å². The van der Waals surface area contributed by atoms with E-state index in [9.17, 15) is 4.79 Å². The predicted molar refractivity (Wildman–Crippen MR) is 62.0 cm³/mol. The quantitative estimate of drug-likeness (QED) is 0.282. The van der Waals surface area contributed by atoms with E-state index in [-0.39, 0.29) is 10.6 Å². The lowest BCUT2D eigenvalue weighted by molar-refractivity contribution is -1.06. The number of rotatable bonds is 7. The zero-order valence-electron chi connectivity index (χ0n) is 10.5. The highest BCUT2D eigenvalue weighted by Crippen LogP contribution is 2.08. The van der Waals surface area contributed by atoms with Crippen molar-refractivity contribution in [3.63, 3.8) is 0 Å². The maximum absolute atomic E-state index is 11.3. The summed E-state index contributed by atoms with van der Waals surface area (Å²) in [4.78, 5) is 16.6. The summed E-state index contributed by atoms with van der Waals surface area (Å²) in [6, 6.07) is 0. The Morgan fingerprint density at radius 2 is 1.87 bits per heavy atom. The second kappa shape index (κ2) is 6.62. The standard InChI is InChI=1S/C12H24NO2/c1-6-7-8-9-10-13(4,5)15-12(14)11(2)3/h2,6-10H2,1,3-5H3/q+1. The van der Waals surface area contributed by atoms with E-state index >= 15 is 0 Å². The molecule has 0 aliphatic carbocycles. The molecule has 0 bridgehead atoms. The van der Waals surface area contributed by atoms with Gasteiger partial charge in [-0.25, -0.2) is 4.79 Å². The van der Waals surface area contributed by atoms with Crippen molar-refractivity contribution in [3.8, 4) is 0 Å². The first kappa shape index (κ1) is 14.2. The molecule has 0 fully saturated rings. The van der Waals surface area contributed by atoms with Gasteiger partial charge in [0.05, 0.1) is 0 Å². The number of nitrogens with zero attached hydrogens (tertiary/aromatic N) is 1. The second-order valence-electron chi connectivity index (χ2n) is 4.52. The van der Waals surface area contributed by atoms with Crippen molar-refractivity contribution in [2.75, 3.05) is 20.6 Å². The van der Waals surface area contributed by atoms with Crippen molar-refractivity contribution in [1.29, 1.82) is 0 Å². The number of hydroxylamine groups is 3. The van der Waals surface area contributed by atoms with Crippen LogP contribution < -0.4 is 0 Å². The number of carbonyl (C=O) groups excluding carboxylic acids is 1. The van der Waals surface area contributed by atoms with Crippen LogP contribution in [0, 0.1) is 0 Å². The summed E-state index contributed by atoms with van der Waals surface area (Å²) in [5.74, 6) is -0.310. The number of quaternary nitrogens is 1. The number of hydrogen-bond donors (Lipinski definition) is 0. The molecule has 0 aromatic carbocycles. The average Bonchev–Trinajstić information content (AvgIpc) is 2.11. The van der Waals surface area contributed by atoms with Crippen molar-refractivity contribution < 1.29 is 14.3 Å². The van der Waals surface area contributed by atoms with Gasteiger partial charge in [0.1, 0.15) is 20.6 Å². The predicted octanol–water partition coefficient (Wildman–Crippen LogP) is 2.68. The molecule has 0 aliphatic heterocycles. The summed E-state index contributed by atoms with van der Waals surface area (Å²) in [6.07, 6.45) is 4.75. The maximum Gasteiger partial charge on any atom is 0.392 e. The van der Waals surface area contributed by atoms with Gasteiger partial charge < -0.3 is 0 Å². The van der Waals surface area contributed by atoms with Gasteiger partial charge in [0.15, 0.2) is 0 Å². The Morgan fingerprint density at radius 1 is 1.27 bits per heavy atom. The Labute approximate surface area is 93.3 Å². The van der Waals surface area contributed by atoms with Crippen LogP contribution in [-0.2, 0) is 9.63 Å². The fourth-order valence-corrected chi connectivity index (χ4v) is 1.27. The van der Waals surface area contributed by atoms with Gasteiger partial charge in [-0.1, -0.05) is 26.3 Å². The minimum atomic E-state index is -0.310. The third-order valence-electron chi connectivity index (χ3n) is 2.23. The monoisotopic (exact) mass is 214 g/mol.